The third kappa shape index (κ3) is 2.81. The summed E-state index contributed by atoms with van der Waals surface area (Å²) in [6, 6.07) is 9.35. The Morgan fingerprint density at radius 3 is 2.17 bits per heavy atom. The van der Waals surface area contributed by atoms with Gasteiger partial charge in [-0.3, -0.25) is 4.79 Å². The molecule has 1 aliphatic heterocycles. The van der Waals surface area contributed by atoms with E-state index in [2.05, 4.69) is 9.71 Å². The number of anilines is 1. The molecule has 0 atom stereocenters. The maximum Gasteiger partial charge on any atom is 0.269 e. The van der Waals surface area contributed by atoms with Crippen molar-refractivity contribution in [2.24, 2.45) is 4.40 Å². The summed E-state index contributed by atoms with van der Waals surface area (Å²) >= 11 is 0. The fraction of sp³-hybridized carbons (Fsp3) is 0.529. The molecule has 0 unspecified atom stereocenters. The van der Waals surface area contributed by atoms with E-state index in [0.717, 1.165) is 5.69 Å². The first kappa shape index (κ1) is 18.4. The van der Waals surface area contributed by atoms with Crippen LogP contribution in [-0.2, 0) is 14.8 Å². The van der Waals surface area contributed by atoms with Crippen LogP contribution in [0.1, 0.15) is 40.5 Å². The molecule has 0 aromatic heterocycles. The highest BCUT2D eigenvalue weighted by Gasteiger charge is 2.53. The number of benzene rings is 1. The maximum atomic E-state index is 13.0. The van der Waals surface area contributed by atoms with Crippen LogP contribution in [0.2, 0.25) is 0 Å². The Hall–Kier alpha value is -1.89. The number of amides is 1. The molecule has 0 fully saturated rings. The molecule has 132 valence electrons. The van der Waals surface area contributed by atoms with Crippen LogP contribution in [0.15, 0.2) is 34.7 Å². The predicted octanol–water partition coefficient (Wildman–Crippen LogP) is 2.32. The Kier molecular flexibility index (Phi) is 4.77. The van der Waals surface area contributed by atoms with Gasteiger partial charge in [0.2, 0.25) is 5.91 Å². The number of hydrogen-bond acceptors (Lipinski definition) is 4. The number of carbonyl (C=O) groups is 1. The molecule has 1 aliphatic rings. The van der Waals surface area contributed by atoms with Gasteiger partial charge in [0.05, 0.1) is 5.54 Å². The van der Waals surface area contributed by atoms with Crippen molar-refractivity contribution in [2.45, 2.75) is 50.8 Å². The van der Waals surface area contributed by atoms with Gasteiger partial charge in [0.1, 0.15) is 5.84 Å². The number of amidine groups is 1. The lowest BCUT2D eigenvalue weighted by Gasteiger charge is -2.33. The summed E-state index contributed by atoms with van der Waals surface area (Å²) in [5, 5.41) is 2.88. The van der Waals surface area contributed by atoms with E-state index in [1.54, 1.807) is 39.6 Å². The molecular weight excluding hydrogens is 326 g/mol. The van der Waals surface area contributed by atoms with Gasteiger partial charge in [0.15, 0.2) is 4.75 Å². The number of sulfonamides is 1. The van der Waals surface area contributed by atoms with Crippen LogP contribution in [0.3, 0.4) is 0 Å². The van der Waals surface area contributed by atoms with Gasteiger partial charge in [-0.25, -0.2) is 8.42 Å². The number of nitrogens with one attached hydrogen (secondary N) is 1. The van der Waals surface area contributed by atoms with E-state index in [9.17, 15) is 13.2 Å². The van der Waals surface area contributed by atoms with Gasteiger partial charge in [-0.05, 0) is 38.8 Å². The fourth-order valence-corrected chi connectivity index (χ4v) is 4.84. The average molecular weight is 351 g/mol. The molecule has 1 aromatic rings. The Labute approximate surface area is 144 Å². The first-order chi connectivity index (χ1) is 11.1. The van der Waals surface area contributed by atoms with Gasteiger partial charge in [-0.15, -0.1) is 4.40 Å². The first-order valence-electron chi connectivity index (χ1n) is 8.07. The van der Waals surface area contributed by atoms with E-state index in [-0.39, 0.29) is 12.8 Å². The summed E-state index contributed by atoms with van der Waals surface area (Å²) in [6.07, 6.45) is 0.360. The lowest BCUT2D eigenvalue weighted by molar-refractivity contribution is -0.124. The molecular formula is C17H25N3O3S. The number of carbonyl (C=O) groups excluding carboxylic acids is 1. The number of rotatable bonds is 3. The Morgan fingerprint density at radius 2 is 1.67 bits per heavy atom. The van der Waals surface area contributed by atoms with Crippen molar-refractivity contribution < 1.29 is 13.2 Å². The minimum Gasteiger partial charge on any atom is -0.343 e. The quantitative estimate of drug-likeness (QED) is 0.906. The summed E-state index contributed by atoms with van der Waals surface area (Å²) < 4.78 is 28.5. The van der Waals surface area contributed by atoms with Crippen molar-refractivity contribution in [3.63, 3.8) is 0 Å². The molecule has 0 saturated carbocycles. The first-order valence-corrected chi connectivity index (χ1v) is 9.51. The number of nitrogens with zero attached hydrogens (tertiary/aromatic N) is 2. The molecule has 0 saturated heterocycles. The lowest BCUT2D eigenvalue weighted by Crippen LogP contribution is -2.58. The van der Waals surface area contributed by atoms with Gasteiger partial charge >= 0.3 is 0 Å². The van der Waals surface area contributed by atoms with Crippen LogP contribution in [0, 0.1) is 0 Å². The molecule has 1 amide bonds. The minimum atomic E-state index is -4.01. The van der Waals surface area contributed by atoms with Gasteiger partial charge < -0.3 is 10.2 Å². The van der Waals surface area contributed by atoms with E-state index < -0.39 is 26.2 Å². The van der Waals surface area contributed by atoms with Crippen molar-refractivity contribution in [1.82, 2.24) is 5.32 Å². The normalized spacial score (nSPS) is 21.4. The molecule has 0 radical (unpaired) electrons. The van der Waals surface area contributed by atoms with E-state index in [1.807, 2.05) is 30.3 Å². The number of para-hydroxylation sites is 1. The van der Waals surface area contributed by atoms with Crippen LogP contribution in [0.5, 0.6) is 0 Å². The SMILES string of the molecule is CCC1(CC)C(=O)NC(C)(C)C(N(C)c2ccccc2)=NS1(=O)=O. The van der Waals surface area contributed by atoms with E-state index in [4.69, 9.17) is 0 Å². The van der Waals surface area contributed by atoms with Crippen LogP contribution >= 0.6 is 0 Å². The highest BCUT2D eigenvalue weighted by atomic mass is 32.2. The molecule has 0 aliphatic carbocycles. The van der Waals surface area contributed by atoms with Crippen molar-refractivity contribution in [3.05, 3.63) is 30.3 Å². The highest BCUT2D eigenvalue weighted by molar-refractivity contribution is 7.92. The summed E-state index contributed by atoms with van der Waals surface area (Å²) in [6.45, 7) is 6.93. The minimum absolute atomic E-state index is 0.180. The molecule has 7 heteroatoms. The molecule has 0 bridgehead atoms. The lowest BCUT2D eigenvalue weighted by atomic mass is 9.97. The van der Waals surface area contributed by atoms with Gasteiger partial charge in [-0.2, -0.15) is 0 Å². The van der Waals surface area contributed by atoms with Crippen molar-refractivity contribution >= 4 is 27.5 Å². The molecule has 1 heterocycles. The molecule has 0 spiro atoms. The highest BCUT2D eigenvalue weighted by Crippen LogP contribution is 2.33. The van der Waals surface area contributed by atoms with Gasteiger partial charge in [-0.1, -0.05) is 32.0 Å². The van der Waals surface area contributed by atoms with E-state index in [1.165, 1.54) is 0 Å². The van der Waals surface area contributed by atoms with Crippen molar-refractivity contribution in [2.75, 3.05) is 11.9 Å². The van der Waals surface area contributed by atoms with Gasteiger partial charge in [0, 0.05) is 12.7 Å². The monoisotopic (exact) mass is 351 g/mol. The second kappa shape index (κ2) is 6.20. The number of likely N-dealkylation sites (N-methyl/N-ethyl adjacent to an activating group) is 1. The maximum absolute atomic E-state index is 13.0. The van der Waals surface area contributed by atoms with Crippen LogP contribution < -0.4 is 10.2 Å². The largest absolute Gasteiger partial charge is 0.343 e. The summed E-state index contributed by atoms with van der Waals surface area (Å²) in [4.78, 5) is 14.5. The third-order valence-electron chi connectivity index (χ3n) is 4.70. The zero-order chi connectivity index (χ0) is 18.2. The zero-order valence-corrected chi connectivity index (χ0v) is 15.6. The Balaban J connectivity index is 2.66. The summed E-state index contributed by atoms with van der Waals surface area (Å²) in [7, 11) is -2.26. The van der Waals surface area contributed by atoms with E-state index in [0.29, 0.717) is 5.84 Å². The van der Waals surface area contributed by atoms with Crippen LogP contribution in [-0.4, -0.2) is 37.5 Å². The smallest absolute Gasteiger partial charge is 0.269 e. The van der Waals surface area contributed by atoms with Crippen molar-refractivity contribution in [1.29, 1.82) is 0 Å². The second-order valence-corrected chi connectivity index (χ2v) is 8.48. The molecule has 2 rings (SSSR count). The predicted molar refractivity (Wildman–Crippen MR) is 96.7 cm³/mol. The Bertz CT molecular complexity index is 751. The molecule has 1 N–H and O–H groups in total. The zero-order valence-electron chi connectivity index (χ0n) is 14.8. The number of hydrogen-bond donors (Lipinski definition) is 1. The Morgan fingerprint density at radius 1 is 1.12 bits per heavy atom. The second-order valence-electron chi connectivity index (χ2n) is 6.57. The van der Waals surface area contributed by atoms with Crippen molar-refractivity contribution in [3.8, 4) is 0 Å². The summed E-state index contributed by atoms with van der Waals surface area (Å²) in [5.41, 5.74) is -0.116. The summed E-state index contributed by atoms with van der Waals surface area (Å²) in [5.74, 6) is -0.191. The van der Waals surface area contributed by atoms with E-state index >= 15 is 0 Å². The fourth-order valence-electron chi connectivity index (χ4n) is 3.08. The standard InChI is InChI=1S/C17H25N3O3S/c1-6-17(7-2)15(21)18-16(3,4)14(19-24(17,22)23)20(5)13-11-9-8-10-12-13/h8-12H,6-7H2,1-5H3,(H,18,21). The van der Waals surface area contributed by atoms with Crippen LogP contribution in [0.4, 0.5) is 5.69 Å². The third-order valence-corrected chi connectivity index (χ3v) is 6.87. The molecule has 24 heavy (non-hydrogen) atoms. The molecule has 1 aromatic carbocycles. The average Bonchev–Trinajstić information content (AvgIpc) is 2.58. The topological polar surface area (TPSA) is 78.8 Å². The van der Waals surface area contributed by atoms with Crippen LogP contribution in [0.25, 0.3) is 0 Å². The molecule has 6 nitrogen and oxygen atoms in total. The van der Waals surface area contributed by atoms with Gasteiger partial charge in [0.25, 0.3) is 10.0 Å².